The fourth-order valence-electron chi connectivity index (χ4n) is 2.99. The first-order chi connectivity index (χ1) is 16.1. The highest BCUT2D eigenvalue weighted by Gasteiger charge is 2.34. The van der Waals surface area contributed by atoms with Crippen LogP contribution in [0.15, 0.2) is 34.4 Å². The lowest BCUT2D eigenvalue weighted by Gasteiger charge is -2.16. The number of urea groups is 1. The molecule has 0 bridgehead atoms. The molecule has 0 aliphatic carbocycles. The van der Waals surface area contributed by atoms with E-state index in [2.05, 4.69) is 10.1 Å². The minimum absolute atomic E-state index is 0.0316. The molecule has 1 aromatic carbocycles. The third kappa shape index (κ3) is 5.31. The third-order valence-corrected chi connectivity index (χ3v) is 4.89. The number of carbonyl (C=O) groups excluding carboxylic acids is 3. The van der Waals surface area contributed by atoms with Crippen molar-refractivity contribution < 1.29 is 42.9 Å². The summed E-state index contributed by atoms with van der Waals surface area (Å²) in [5.41, 5.74) is 0.371. The second-order valence-electron chi connectivity index (χ2n) is 7.00. The van der Waals surface area contributed by atoms with E-state index in [1.165, 1.54) is 44.4 Å². The summed E-state index contributed by atoms with van der Waals surface area (Å²) in [5, 5.41) is 11.6. The summed E-state index contributed by atoms with van der Waals surface area (Å²) < 4.78 is 20.8. The Hall–Kier alpha value is -3.99. The van der Waals surface area contributed by atoms with Crippen LogP contribution in [0.4, 0.5) is 4.79 Å². The predicted octanol–water partition coefficient (Wildman–Crippen LogP) is 3.06. The van der Waals surface area contributed by atoms with Gasteiger partial charge in [-0.15, -0.1) is 0 Å². The minimum atomic E-state index is -1.18. The Labute approximate surface area is 198 Å². The van der Waals surface area contributed by atoms with Gasteiger partial charge in [-0.3, -0.25) is 9.69 Å². The minimum Gasteiger partial charge on any atom is -0.490 e. The molecule has 0 unspecified atom stereocenters. The molecule has 3 amide bonds. The van der Waals surface area contributed by atoms with Crippen LogP contribution in [-0.4, -0.2) is 53.7 Å². The molecule has 11 nitrogen and oxygen atoms in total. The van der Waals surface area contributed by atoms with Gasteiger partial charge < -0.3 is 29.1 Å². The standard InChI is InChI=1S/C22H21ClN2O9/c1-4-32-17-9-12(7-14(23)18(17)33-11(2)20(27)28)8-15-19(26)25(22(30)24-15)10-13-5-6-16(34-13)21(29)31-3/h5-9,11H,4,10H2,1-3H3,(H,24,30)(H,27,28)/b15-8-/t11-/m1/s1. The van der Waals surface area contributed by atoms with Gasteiger partial charge in [0, 0.05) is 0 Å². The first-order valence-corrected chi connectivity index (χ1v) is 10.4. The number of furan rings is 1. The largest absolute Gasteiger partial charge is 0.490 e. The molecule has 180 valence electrons. The maximum atomic E-state index is 12.8. The third-order valence-electron chi connectivity index (χ3n) is 4.61. The van der Waals surface area contributed by atoms with Gasteiger partial charge >= 0.3 is 18.0 Å². The number of halogens is 1. The van der Waals surface area contributed by atoms with E-state index in [-0.39, 0.29) is 46.9 Å². The van der Waals surface area contributed by atoms with Crippen molar-refractivity contribution >= 4 is 41.6 Å². The Kier molecular flexibility index (Phi) is 7.47. The van der Waals surface area contributed by atoms with Crippen LogP contribution in [0.2, 0.25) is 5.02 Å². The van der Waals surface area contributed by atoms with Crippen LogP contribution in [0.3, 0.4) is 0 Å². The molecule has 0 spiro atoms. The lowest BCUT2D eigenvalue weighted by molar-refractivity contribution is -0.144. The Morgan fingerprint density at radius 2 is 2.03 bits per heavy atom. The Bertz CT molecular complexity index is 1170. The summed E-state index contributed by atoms with van der Waals surface area (Å²) in [5.74, 6) is -2.12. The molecular weight excluding hydrogens is 472 g/mol. The zero-order chi connectivity index (χ0) is 25.0. The highest BCUT2D eigenvalue weighted by atomic mass is 35.5. The Balaban J connectivity index is 1.84. The number of hydrogen-bond acceptors (Lipinski definition) is 8. The van der Waals surface area contributed by atoms with Crippen molar-refractivity contribution in [2.75, 3.05) is 13.7 Å². The van der Waals surface area contributed by atoms with Crippen molar-refractivity contribution in [3.05, 3.63) is 52.1 Å². The van der Waals surface area contributed by atoms with Crippen LogP contribution < -0.4 is 14.8 Å². The smallest absolute Gasteiger partial charge is 0.373 e. The van der Waals surface area contributed by atoms with Crippen molar-refractivity contribution in [1.29, 1.82) is 0 Å². The van der Waals surface area contributed by atoms with E-state index in [0.717, 1.165) is 4.90 Å². The van der Waals surface area contributed by atoms with Crippen molar-refractivity contribution in [3.63, 3.8) is 0 Å². The van der Waals surface area contributed by atoms with Gasteiger partial charge in [-0.05, 0) is 49.8 Å². The number of rotatable bonds is 9. The first kappa shape index (κ1) is 24.6. The monoisotopic (exact) mass is 492 g/mol. The number of nitrogens with one attached hydrogen (secondary N) is 1. The van der Waals surface area contributed by atoms with E-state index < -0.39 is 30.0 Å². The van der Waals surface area contributed by atoms with E-state index in [4.69, 9.17) is 30.6 Å². The highest BCUT2D eigenvalue weighted by Crippen LogP contribution is 2.38. The molecule has 1 saturated heterocycles. The molecule has 1 aliphatic rings. The number of aliphatic carboxylic acids is 1. The average Bonchev–Trinajstić information content (AvgIpc) is 3.36. The number of methoxy groups -OCH3 is 1. The van der Waals surface area contributed by atoms with Crippen LogP contribution in [0.1, 0.15) is 35.7 Å². The van der Waals surface area contributed by atoms with E-state index >= 15 is 0 Å². The summed E-state index contributed by atoms with van der Waals surface area (Å²) in [6, 6.07) is 5.10. The van der Waals surface area contributed by atoms with Crippen LogP contribution >= 0.6 is 11.6 Å². The van der Waals surface area contributed by atoms with Crippen LogP contribution in [0, 0.1) is 0 Å². The number of carboxylic acids is 1. The summed E-state index contributed by atoms with van der Waals surface area (Å²) in [7, 11) is 1.20. The number of nitrogens with zero attached hydrogens (tertiary/aromatic N) is 1. The number of carbonyl (C=O) groups is 4. The molecule has 12 heteroatoms. The summed E-state index contributed by atoms with van der Waals surface area (Å²) in [6.07, 6.45) is 0.215. The number of amides is 3. The van der Waals surface area contributed by atoms with Gasteiger partial charge in [0.2, 0.25) is 5.76 Å². The van der Waals surface area contributed by atoms with Gasteiger partial charge in [-0.2, -0.15) is 0 Å². The summed E-state index contributed by atoms with van der Waals surface area (Å²) >= 11 is 6.29. The van der Waals surface area contributed by atoms with Crippen molar-refractivity contribution in [3.8, 4) is 11.5 Å². The lowest BCUT2D eigenvalue weighted by atomic mass is 10.1. The topological polar surface area (TPSA) is 145 Å². The van der Waals surface area contributed by atoms with Crippen LogP contribution in [-0.2, 0) is 20.9 Å². The number of benzene rings is 1. The molecule has 34 heavy (non-hydrogen) atoms. The first-order valence-electron chi connectivity index (χ1n) is 10.0. The molecule has 1 aliphatic heterocycles. The Morgan fingerprint density at radius 3 is 2.68 bits per heavy atom. The van der Waals surface area contributed by atoms with Crippen LogP contribution in [0.25, 0.3) is 6.08 Å². The summed E-state index contributed by atoms with van der Waals surface area (Å²) in [6.45, 7) is 3.11. The molecular formula is C22H21ClN2O9. The van der Waals surface area contributed by atoms with Gasteiger partial charge in [-0.1, -0.05) is 11.6 Å². The zero-order valence-electron chi connectivity index (χ0n) is 18.4. The van der Waals surface area contributed by atoms with Gasteiger partial charge in [0.15, 0.2) is 17.6 Å². The Morgan fingerprint density at radius 1 is 1.29 bits per heavy atom. The zero-order valence-corrected chi connectivity index (χ0v) is 19.2. The normalized spacial score (nSPS) is 15.3. The van der Waals surface area contributed by atoms with Gasteiger partial charge in [-0.25, -0.2) is 14.4 Å². The summed E-state index contributed by atoms with van der Waals surface area (Å²) in [4.78, 5) is 48.7. The second-order valence-corrected chi connectivity index (χ2v) is 7.41. The van der Waals surface area contributed by atoms with Crippen molar-refractivity contribution in [2.24, 2.45) is 0 Å². The maximum Gasteiger partial charge on any atom is 0.373 e. The SMILES string of the molecule is CCOc1cc(/C=C2\NC(=O)N(Cc3ccc(C(=O)OC)o3)C2=O)cc(Cl)c1O[C@H](C)C(=O)O. The predicted molar refractivity (Wildman–Crippen MR) is 117 cm³/mol. The quantitative estimate of drug-likeness (QED) is 0.306. The maximum absolute atomic E-state index is 12.8. The molecule has 0 saturated carbocycles. The molecule has 1 fully saturated rings. The van der Waals surface area contributed by atoms with Crippen molar-refractivity contribution in [1.82, 2.24) is 10.2 Å². The molecule has 1 aromatic heterocycles. The molecule has 3 rings (SSSR count). The second kappa shape index (κ2) is 10.3. The number of hydrogen-bond donors (Lipinski definition) is 2. The van der Waals surface area contributed by atoms with E-state index in [9.17, 15) is 19.2 Å². The fourth-order valence-corrected chi connectivity index (χ4v) is 3.25. The van der Waals surface area contributed by atoms with E-state index in [0.29, 0.717) is 5.56 Å². The highest BCUT2D eigenvalue weighted by molar-refractivity contribution is 6.32. The van der Waals surface area contributed by atoms with Crippen LogP contribution in [0.5, 0.6) is 11.5 Å². The number of carboxylic acid groups (broad SMARTS) is 1. The van der Waals surface area contributed by atoms with Gasteiger partial charge in [0.25, 0.3) is 5.91 Å². The van der Waals surface area contributed by atoms with E-state index in [1.54, 1.807) is 6.92 Å². The fraction of sp³-hybridized carbons (Fsp3) is 0.273. The molecule has 2 N–H and O–H groups in total. The molecule has 0 radical (unpaired) electrons. The number of imide groups is 1. The molecule has 1 atom stereocenters. The van der Waals surface area contributed by atoms with Crippen molar-refractivity contribution in [2.45, 2.75) is 26.5 Å². The van der Waals surface area contributed by atoms with Gasteiger partial charge in [0.05, 0.1) is 25.3 Å². The number of esters is 1. The average molecular weight is 493 g/mol. The number of ether oxygens (including phenoxy) is 3. The molecule has 2 heterocycles. The van der Waals surface area contributed by atoms with E-state index in [1.807, 2.05) is 0 Å². The van der Waals surface area contributed by atoms with Gasteiger partial charge in [0.1, 0.15) is 11.5 Å². The lowest BCUT2D eigenvalue weighted by Crippen LogP contribution is -2.30. The molecule has 2 aromatic rings.